The lowest BCUT2D eigenvalue weighted by Crippen LogP contribution is -2.38. The molecule has 2 rings (SSSR count). The first-order valence-electron chi connectivity index (χ1n) is 6.90. The number of benzene rings is 1. The summed E-state index contributed by atoms with van der Waals surface area (Å²) < 4.78 is 18.9. The van der Waals surface area contributed by atoms with E-state index in [1.165, 1.54) is 12.1 Å². The number of nitrogens with one attached hydrogen (secondary N) is 1. The van der Waals surface area contributed by atoms with E-state index in [1.54, 1.807) is 31.0 Å². The average Bonchev–Trinajstić information content (AvgIpc) is 2.79. The quantitative estimate of drug-likeness (QED) is 0.887. The normalized spacial score (nSPS) is 19.5. The Balaban J connectivity index is 1.79. The second-order valence-electron chi connectivity index (χ2n) is 5.28. The van der Waals surface area contributed by atoms with E-state index in [4.69, 9.17) is 4.74 Å². The number of hydrogen-bond donors (Lipinski definition) is 1. The van der Waals surface area contributed by atoms with E-state index in [1.807, 2.05) is 0 Å². The van der Waals surface area contributed by atoms with Crippen LogP contribution in [-0.2, 0) is 9.59 Å². The fraction of sp³-hybridized carbons (Fsp3) is 0.467. The molecule has 1 N–H and O–H groups in total. The maximum atomic E-state index is 13.4. The molecule has 0 saturated carbocycles. The fourth-order valence-corrected chi connectivity index (χ4v) is 2.23. The smallest absolute Gasteiger partial charge is 0.225 e. The molecule has 0 aromatic heterocycles. The molecule has 0 bridgehead atoms. The number of para-hydroxylation sites is 1. The predicted octanol–water partition coefficient (Wildman–Crippen LogP) is 1.19. The maximum absolute atomic E-state index is 13.4. The van der Waals surface area contributed by atoms with Gasteiger partial charge >= 0.3 is 0 Å². The molecule has 2 atom stereocenters. The zero-order chi connectivity index (χ0) is 15.4. The van der Waals surface area contributed by atoms with Crippen LogP contribution in [0.25, 0.3) is 0 Å². The van der Waals surface area contributed by atoms with E-state index >= 15 is 0 Å². The van der Waals surface area contributed by atoms with Gasteiger partial charge in [0.05, 0.1) is 12.5 Å². The van der Waals surface area contributed by atoms with Crippen molar-refractivity contribution in [1.29, 1.82) is 0 Å². The highest BCUT2D eigenvalue weighted by Crippen LogP contribution is 2.18. The Morgan fingerprint density at radius 3 is 2.86 bits per heavy atom. The van der Waals surface area contributed by atoms with Gasteiger partial charge in [0.15, 0.2) is 11.6 Å². The summed E-state index contributed by atoms with van der Waals surface area (Å²) in [6.45, 7) is 2.45. The lowest BCUT2D eigenvalue weighted by atomic mass is 10.1. The lowest BCUT2D eigenvalue weighted by Gasteiger charge is -2.17. The van der Waals surface area contributed by atoms with Crippen molar-refractivity contribution in [2.45, 2.75) is 19.4 Å². The molecular weight excluding hydrogens is 275 g/mol. The van der Waals surface area contributed by atoms with Gasteiger partial charge in [-0.15, -0.1) is 0 Å². The van der Waals surface area contributed by atoms with E-state index in [-0.39, 0.29) is 42.6 Å². The molecule has 1 aliphatic heterocycles. The Morgan fingerprint density at radius 2 is 2.24 bits per heavy atom. The van der Waals surface area contributed by atoms with E-state index in [2.05, 4.69) is 5.32 Å². The van der Waals surface area contributed by atoms with Crippen LogP contribution in [0, 0.1) is 11.7 Å². The van der Waals surface area contributed by atoms with Crippen LogP contribution < -0.4 is 10.1 Å². The Hall–Kier alpha value is -2.11. The van der Waals surface area contributed by atoms with Crippen LogP contribution in [0.15, 0.2) is 24.3 Å². The molecule has 0 spiro atoms. The minimum Gasteiger partial charge on any atom is -0.486 e. The third kappa shape index (κ3) is 3.93. The van der Waals surface area contributed by atoms with Crippen molar-refractivity contribution in [3.8, 4) is 5.75 Å². The van der Waals surface area contributed by atoms with Gasteiger partial charge in [-0.3, -0.25) is 9.59 Å². The SMILES string of the molecule is CC(CNC(=O)C1CC(=O)N(C)C1)Oc1ccccc1F. The van der Waals surface area contributed by atoms with Gasteiger partial charge in [0.1, 0.15) is 6.10 Å². The first-order chi connectivity index (χ1) is 9.97. The highest BCUT2D eigenvalue weighted by Gasteiger charge is 2.32. The van der Waals surface area contributed by atoms with E-state index in [0.717, 1.165) is 0 Å². The van der Waals surface area contributed by atoms with E-state index < -0.39 is 5.82 Å². The molecule has 6 heteroatoms. The van der Waals surface area contributed by atoms with Crippen molar-refractivity contribution in [3.05, 3.63) is 30.1 Å². The Kier molecular flexibility index (Phi) is 4.77. The molecule has 0 aliphatic carbocycles. The van der Waals surface area contributed by atoms with Crippen LogP contribution >= 0.6 is 0 Å². The molecule has 0 radical (unpaired) electrons. The Morgan fingerprint density at radius 1 is 1.52 bits per heavy atom. The van der Waals surface area contributed by atoms with Gasteiger partial charge in [-0.05, 0) is 19.1 Å². The van der Waals surface area contributed by atoms with E-state index in [9.17, 15) is 14.0 Å². The fourth-order valence-electron chi connectivity index (χ4n) is 2.23. The van der Waals surface area contributed by atoms with Gasteiger partial charge in [0.2, 0.25) is 11.8 Å². The highest BCUT2D eigenvalue weighted by atomic mass is 19.1. The number of rotatable bonds is 5. The monoisotopic (exact) mass is 294 g/mol. The number of likely N-dealkylation sites (tertiary alicyclic amines) is 1. The standard InChI is InChI=1S/C15H19FN2O3/c1-10(21-13-6-4-3-5-12(13)16)8-17-15(20)11-7-14(19)18(2)9-11/h3-6,10-11H,7-9H2,1-2H3,(H,17,20). The molecule has 1 aliphatic rings. The Labute approximate surface area is 123 Å². The summed E-state index contributed by atoms with van der Waals surface area (Å²) in [5.74, 6) is -0.778. The molecular formula is C15H19FN2O3. The molecule has 114 valence electrons. The van der Waals surface area contributed by atoms with Gasteiger partial charge in [-0.25, -0.2) is 4.39 Å². The molecule has 2 amide bonds. The summed E-state index contributed by atoms with van der Waals surface area (Å²) in [4.78, 5) is 24.9. The van der Waals surface area contributed by atoms with Crippen LogP contribution in [0.2, 0.25) is 0 Å². The lowest BCUT2D eigenvalue weighted by molar-refractivity contribution is -0.128. The van der Waals surface area contributed by atoms with Gasteiger partial charge in [0, 0.05) is 20.0 Å². The summed E-state index contributed by atoms with van der Waals surface area (Å²) in [5, 5.41) is 2.74. The summed E-state index contributed by atoms with van der Waals surface area (Å²) in [6.07, 6.45) is -0.120. The van der Waals surface area contributed by atoms with Crippen LogP contribution in [0.4, 0.5) is 4.39 Å². The molecule has 1 heterocycles. The van der Waals surface area contributed by atoms with Gasteiger partial charge < -0.3 is 15.0 Å². The van der Waals surface area contributed by atoms with Gasteiger partial charge in [0.25, 0.3) is 0 Å². The van der Waals surface area contributed by atoms with Gasteiger partial charge in [-0.2, -0.15) is 0 Å². The molecule has 21 heavy (non-hydrogen) atoms. The number of carbonyl (C=O) groups excluding carboxylic acids is 2. The number of carbonyl (C=O) groups is 2. The summed E-state index contributed by atoms with van der Waals surface area (Å²) in [6, 6.07) is 6.13. The second-order valence-corrected chi connectivity index (χ2v) is 5.28. The van der Waals surface area contributed by atoms with Crippen molar-refractivity contribution in [2.24, 2.45) is 5.92 Å². The number of halogens is 1. The summed E-state index contributed by atoms with van der Waals surface area (Å²) in [5.41, 5.74) is 0. The number of amides is 2. The average molecular weight is 294 g/mol. The molecule has 2 unspecified atom stereocenters. The zero-order valence-electron chi connectivity index (χ0n) is 12.1. The highest BCUT2D eigenvalue weighted by molar-refractivity contribution is 5.89. The first-order valence-corrected chi connectivity index (χ1v) is 6.90. The third-order valence-corrected chi connectivity index (χ3v) is 3.44. The van der Waals surface area contributed by atoms with Crippen molar-refractivity contribution in [3.63, 3.8) is 0 Å². The van der Waals surface area contributed by atoms with Crippen molar-refractivity contribution in [2.75, 3.05) is 20.1 Å². The third-order valence-electron chi connectivity index (χ3n) is 3.44. The topological polar surface area (TPSA) is 58.6 Å². The van der Waals surface area contributed by atoms with Crippen molar-refractivity contribution in [1.82, 2.24) is 10.2 Å². The Bertz CT molecular complexity index is 535. The maximum Gasteiger partial charge on any atom is 0.225 e. The van der Waals surface area contributed by atoms with Crippen LogP contribution in [-0.4, -0.2) is 43.0 Å². The molecule has 1 aromatic rings. The summed E-state index contributed by atoms with van der Waals surface area (Å²) >= 11 is 0. The zero-order valence-corrected chi connectivity index (χ0v) is 12.1. The number of nitrogens with zero attached hydrogens (tertiary/aromatic N) is 1. The first kappa shape index (κ1) is 15.3. The second kappa shape index (κ2) is 6.56. The number of hydrogen-bond acceptors (Lipinski definition) is 3. The molecule has 1 saturated heterocycles. The summed E-state index contributed by atoms with van der Waals surface area (Å²) in [7, 11) is 1.68. The van der Waals surface area contributed by atoms with Crippen LogP contribution in [0.1, 0.15) is 13.3 Å². The van der Waals surface area contributed by atoms with Crippen LogP contribution in [0.3, 0.4) is 0 Å². The van der Waals surface area contributed by atoms with Crippen molar-refractivity contribution < 1.29 is 18.7 Å². The van der Waals surface area contributed by atoms with E-state index in [0.29, 0.717) is 6.54 Å². The molecule has 5 nitrogen and oxygen atoms in total. The largest absolute Gasteiger partial charge is 0.486 e. The molecule has 1 fully saturated rings. The minimum absolute atomic E-state index is 0.0224. The van der Waals surface area contributed by atoms with Gasteiger partial charge in [-0.1, -0.05) is 12.1 Å². The molecule has 1 aromatic carbocycles. The van der Waals surface area contributed by atoms with Crippen molar-refractivity contribution >= 4 is 11.8 Å². The predicted molar refractivity (Wildman–Crippen MR) is 75.2 cm³/mol. The number of ether oxygens (including phenoxy) is 1. The minimum atomic E-state index is -0.432. The van der Waals surface area contributed by atoms with Crippen LogP contribution in [0.5, 0.6) is 5.75 Å².